The average molecular weight is 225 g/mol. The van der Waals surface area contributed by atoms with Gasteiger partial charge in [0.25, 0.3) is 0 Å². The topological polar surface area (TPSA) is 36.4 Å². The van der Waals surface area contributed by atoms with Crippen LogP contribution in [0.3, 0.4) is 0 Å². The Morgan fingerprint density at radius 2 is 1.81 bits per heavy atom. The summed E-state index contributed by atoms with van der Waals surface area (Å²) >= 11 is 0. The predicted octanol–water partition coefficient (Wildman–Crippen LogP) is 2.53. The van der Waals surface area contributed by atoms with Crippen LogP contribution in [-0.4, -0.2) is 25.1 Å². The molecule has 0 aromatic rings. The van der Waals surface area contributed by atoms with Gasteiger partial charge in [-0.3, -0.25) is 4.99 Å². The van der Waals surface area contributed by atoms with Crippen LogP contribution < -0.4 is 10.6 Å². The summed E-state index contributed by atoms with van der Waals surface area (Å²) in [6, 6.07) is 0. The highest BCUT2D eigenvalue weighted by molar-refractivity contribution is 5.80. The minimum absolute atomic E-state index is 0.0679. The second kappa shape index (κ2) is 5.07. The second-order valence-electron chi connectivity index (χ2n) is 6.32. The lowest BCUT2D eigenvalue weighted by molar-refractivity contribution is 0.332. The van der Waals surface area contributed by atoms with Gasteiger partial charge in [0.05, 0.1) is 0 Å². The molecular weight excluding hydrogens is 198 g/mol. The van der Waals surface area contributed by atoms with E-state index in [-0.39, 0.29) is 5.54 Å². The van der Waals surface area contributed by atoms with Crippen molar-refractivity contribution in [2.45, 2.75) is 58.9 Å². The van der Waals surface area contributed by atoms with Gasteiger partial charge < -0.3 is 10.6 Å². The van der Waals surface area contributed by atoms with Crippen LogP contribution in [0.15, 0.2) is 4.99 Å². The molecule has 1 fully saturated rings. The van der Waals surface area contributed by atoms with Gasteiger partial charge in [0.2, 0.25) is 0 Å². The van der Waals surface area contributed by atoms with Gasteiger partial charge in [0.1, 0.15) is 0 Å². The smallest absolute Gasteiger partial charge is 0.191 e. The maximum Gasteiger partial charge on any atom is 0.191 e. The second-order valence-corrected chi connectivity index (χ2v) is 6.32. The first kappa shape index (κ1) is 13.3. The third-order valence-corrected chi connectivity index (χ3v) is 3.21. The number of hydrogen-bond acceptors (Lipinski definition) is 1. The van der Waals surface area contributed by atoms with Crippen molar-refractivity contribution in [2.75, 3.05) is 13.6 Å². The van der Waals surface area contributed by atoms with E-state index < -0.39 is 0 Å². The molecule has 1 saturated carbocycles. The molecule has 0 unspecified atom stereocenters. The highest BCUT2D eigenvalue weighted by Crippen LogP contribution is 2.36. The van der Waals surface area contributed by atoms with Gasteiger partial charge in [0, 0.05) is 19.1 Å². The number of hydrogen-bond donors (Lipinski definition) is 2. The van der Waals surface area contributed by atoms with E-state index >= 15 is 0 Å². The molecular formula is C13H27N3. The van der Waals surface area contributed by atoms with Crippen LogP contribution >= 0.6 is 0 Å². The lowest BCUT2D eigenvalue weighted by Crippen LogP contribution is -2.49. The molecule has 0 heterocycles. The van der Waals surface area contributed by atoms with Gasteiger partial charge >= 0.3 is 0 Å². The largest absolute Gasteiger partial charge is 0.356 e. The first-order valence-electron chi connectivity index (χ1n) is 6.34. The molecule has 3 heteroatoms. The zero-order valence-electron chi connectivity index (χ0n) is 11.5. The van der Waals surface area contributed by atoms with Crippen LogP contribution in [-0.2, 0) is 0 Å². The van der Waals surface area contributed by atoms with Gasteiger partial charge in [0.15, 0.2) is 5.96 Å². The van der Waals surface area contributed by atoms with Crippen molar-refractivity contribution in [3.05, 3.63) is 0 Å². The maximum absolute atomic E-state index is 4.26. The third kappa shape index (κ3) is 4.42. The van der Waals surface area contributed by atoms with Gasteiger partial charge in [-0.05, 0) is 39.0 Å². The Labute approximate surface area is 100 Å². The summed E-state index contributed by atoms with van der Waals surface area (Å²) in [5.41, 5.74) is 0.536. The Hall–Kier alpha value is -0.730. The maximum atomic E-state index is 4.26. The normalized spacial score (nSPS) is 20.9. The third-order valence-electron chi connectivity index (χ3n) is 3.21. The number of nitrogens with one attached hydrogen (secondary N) is 2. The predicted molar refractivity (Wildman–Crippen MR) is 70.8 cm³/mol. The molecule has 1 rings (SSSR count). The average Bonchev–Trinajstić information content (AvgIpc) is 2.58. The molecule has 2 N–H and O–H groups in total. The lowest BCUT2D eigenvalue weighted by Gasteiger charge is -2.28. The molecule has 3 nitrogen and oxygen atoms in total. The highest BCUT2D eigenvalue weighted by atomic mass is 15.2. The molecule has 0 atom stereocenters. The summed E-state index contributed by atoms with van der Waals surface area (Å²) in [5.74, 6) is 0.917. The number of nitrogens with zero attached hydrogens (tertiary/aromatic N) is 1. The van der Waals surface area contributed by atoms with Crippen LogP contribution in [0, 0.1) is 5.41 Å². The van der Waals surface area contributed by atoms with E-state index in [0.29, 0.717) is 5.41 Å². The van der Waals surface area contributed by atoms with Gasteiger partial charge in [-0.25, -0.2) is 0 Å². The van der Waals surface area contributed by atoms with E-state index in [1.165, 1.54) is 25.7 Å². The summed E-state index contributed by atoms with van der Waals surface area (Å²) in [6.45, 7) is 9.85. The molecule has 0 spiro atoms. The van der Waals surface area contributed by atoms with Gasteiger partial charge in [-0.15, -0.1) is 0 Å². The molecule has 0 aliphatic heterocycles. The molecule has 0 aromatic carbocycles. The fraction of sp³-hybridized carbons (Fsp3) is 0.923. The van der Waals surface area contributed by atoms with Crippen molar-refractivity contribution < 1.29 is 0 Å². The molecule has 1 aliphatic carbocycles. The Morgan fingerprint density at radius 1 is 1.25 bits per heavy atom. The summed E-state index contributed by atoms with van der Waals surface area (Å²) in [6.07, 6.45) is 5.44. The first-order valence-corrected chi connectivity index (χ1v) is 6.34. The summed E-state index contributed by atoms with van der Waals surface area (Å²) in [7, 11) is 1.83. The van der Waals surface area contributed by atoms with Crippen LogP contribution in [0.25, 0.3) is 0 Å². The Balaban J connectivity index is 2.40. The fourth-order valence-corrected chi connectivity index (χ4v) is 2.24. The van der Waals surface area contributed by atoms with Crippen molar-refractivity contribution in [3.8, 4) is 0 Å². The van der Waals surface area contributed by atoms with Crippen LogP contribution in [0.2, 0.25) is 0 Å². The van der Waals surface area contributed by atoms with E-state index in [0.717, 1.165) is 12.5 Å². The number of guanidine groups is 1. The van der Waals surface area contributed by atoms with Crippen molar-refractivity contribution in [1.29, 1.82) is 0 Å². The minimum atomic E-state index is 0.0679. The molecule has 0 radical (unpaired) electrons. The summed E-state index contributed by atoms with van der Waals surface area (Å²) in [4.78, 5) is 4.26. The number of aliphatic imine (C=N–C) groups is 1. The van der Waals surface area contributed by atoms with E-state index in [4.69, 9.17) is 0 Å². The van der Waals surface area contributed by atoms with E-state index in [2.05, 4.69) is 43.3 Å². The quantitative estimate of drug-likeness (QED) is 0.559. The van der Waals surface area contributed by atoms with Gasteiger partial charge in [-0.2, -0.15) is 0 Å². The van der Waals surface area contributed by atoms with E-state index in [9.17, 15) is 0 Å². The lowest BCUT2D eigenvalue weighted by atomic mass is 9.89. The van der Waals surface area contributed by atoms with Gasteiger partial charge in [-0.1, -0.05) is 19.8 Å². The SMILES string of the molecule is CN=C(NCC1(C)CCCC1)NC(C)(C)C. The van der Waals surface area contributed by atoms with Crippen molar-refractivity contribution in [3.63, 3.8) is 0 Å². The Kier molecular flexibility index (Phi) is 4.22. The monoisotopic (exact) mass is 225 g/mol. The zero-order chi connectivity index (χ0) is 12.2. The molecule has 0 aromatic heterocycles. The molecule has 0 saturated heterocycles. The first-order chi connectivity index (χ1) is 7.35. The van der Waals surface area contributed by atoms with Crippen LogP contribution in [0.4, 0.5) is 0 Å². The highest BCUT2D eigenvalue weighted by Gasteiger charge is 2.28. The summed E-state index contributed by atoms with van der Waals surface area (Å²) in [5, 5.41) is 6.83. The molecule has 1 aliphatic rings. The van der Waals surface area contributed by atoms with Crippen molar-refractivity contribution >= 4 is 5.96 Å². The Bertz CT molecular complexity index is 244. The number of rotatable bonds is 2. The molecule has 0 bridgehead atoms. The van der Waals surface area contributed by atoms with E-state index in [1.54, 1.807) is 0 Å². The molecule has 16 heavy (non-hydrogen) atoms. The standard InChI is InChI=1S/C13H27N3/c1-12(2,3)16-11(14-5)15-10-13(4)8-6-7-9-13/h6-10H2,1-5H3,(H2,14,15,16). The van der Waals surface area contributed by atoms with Crippen LogP contribution in [0.1, 0.15) is 53.4 Å². The minimum Gasteiger partial charge on any atom is -0.356 e. The van der Waals surface area contributed by atoms with E-state index in [1.807, 2.05) is 7.05 Å². The summed E-state index contributed by atoms with van der Waals surface area (Å²) < 4.78 is 0. The zero-order valence-corrected chi connectivity index (χ0v) is 11.5. The molecule has 0 amide bonds. The molecule has 94 valence electrons. The van der Waals surface area contributed by atoms with Crippen molar-refractivity contribution in [1.82, 2.24) is 10.6 Å². The van der Waals surface area contributed by atoms with Crippen molar-refractivity contribution in [2.24, 2.45) is 10.4 Å². The van der Waals surface area contributed by atoms with Crippen LogP contribution in [0.5, 0.6) is 0 Å². The fourth-order valence-electron chi connectivity index (χ4n) is 2.24. The Morgan fingerprint density at radius 3 is 2.25 bits per heavy atom.